The van der Waals surface area contributed by atoms with Crippen LogP contribution < -0.4 is 8.86 Å². The highest BCUT2D eigenvalue weighted by molar-refractivity contribution is 7.10. The van der Waals surface area contributed by atoms with Crippen LogP contribution in [0.25, 0.3) is 27.0 Å². The molecule has 118 valence electrons. The van der Waals surface area contributed by atoms with Crippen molar-refractivity contribution < 1.29 is 3.96 Å². The summed E-state index contributed by atoms with van der Waals surface area (Å²) in [7, 11) is 4.14. The molecule has 0 aliphatic heterocycles. The van der Waals surface area contributed by atoms with E-state index in [4.69, 9.17) is 0 Å². The Labute approximate surface area is 146 Å². The molecule has 0 bridgehead atoms. The van der Waals surface area contributed by atoms with Crippen molar-refractivity contribution in [3.8, 4) is 16.9 Å². The summed E-state index contributed by atoms with van der Waals surface area (Å²) >= 11 is 1.79. The molecule has 0 atom stereocenters. The van der Waals surface area contributed by atoms with E-state index in [2.05, 4.69) is 102 Å². The van der Waals surface area contributed by atoms with E-state index < -0.39 is 0 Å². The number of benzene rings is 3. The number of hydrogen-bond donors (Lipinski definition) is 0. The molecule has 0 N–H and O–H groups in total. The van der Waals surface area contributed by atoms with Crippen molar-refractivity contribution in [3.05, 3.63) is 78.9 Å². The van der Waals surface area contributed by atoms with Crippen LogP contribution in [-0.4, -0.2) is 14.1 Å². The second-order valence-electron chi connectivity index (χ2n) is 6.01. The molecule has 3 aromatic carbocycles. The maximum atomic E-state index is 2.33. The first-order valence-corrected chi connectivity index (χ1v) is 8.78. The van der Waals surface area contributed by atoms with Crippen LogP contribution in [0, 0.1) is 0 Å². The van der Waals surface area contributed by atoms with Crippen LogP contribution in [0.2, 0.25) is 0 Å². The fourth-order valence-electron chi connectivity index (χ4n) is 2.93. The molecule has 4 rings (SSSR count). The highest BCUT2D eigenvalue weighted by Crippen LogP contribution is 2.31. The van der Waals surface area contributed by atoms with Crippen molar-refractivity contribution in [2.24, 2.45) is 0 Å². The van der Waals surface area contributed by atoms with Crippen LogP contribution in [0.15, 0.2) is 78.9 Å². The Hall–Kier alpha value is -2.65. The van der Waals surface area contributed by atoms with E-state index in [1.54, 1.807) is 11.5 Å². The Bertz CT molecular complexity index is 970. The van der Waals surface area contributed by atoms with E-state index >= 15 is 0 Å². The average Bonchev–Trinajstić information content (AvgIpc) is 3.02. The van der Waals surface area contributed by atoms with Crippen LogP contribution >= 0.6 is 11.5 Å². The van der Waals surface area contributed by atoms with Gasteiger partial charge in [-0.2, -0.15) is 0 Å². The van der Waals surface area contributed by atoms with Gasteiger partial charge in [0.05, 0.1) is 5.39 Å². The minimum atomic E-state index is 1.20. The van der Waals surface area contributed by atoms with Crippen molar-refractivity contribution in [2.75, 3.05) is 19.0 Å². The first-order valence-electron chi connectivity index (χ1n) is 8.01. The van der Waals surface area contributed by atoms with Gasteiger partial charge < -0.3 is 4.90 Å². The molecule has 0 aliphatic rings. The van der Waals surface area contributed by atoms with E-state index in [1.165, 1.54) is 32.7 Å². The number of nitrogens with zero attached hydrogens (tertiary/aromatic N) is 2. The number of rotatable bonds is 3. The lowest BCUT2D eigenvalue weighted by Crippen LogP contribution is -2.27. The lowest BCUT2D eigenvalue weighted by molar-refractivity contribution is -0.506. The SMILES string of the molecule is CN(C)c1ccc(-c2c3ccccc3s[n+]2-c2ccccc2)cc1. The van der Waals surface area contributed by atoms with Crippen molar-refractivity contribution in [1.29, 1.82) is 0 Å². The molecular formula is C21H19N2S+. The van der Waals surface area contributed by atoms with Crippen LogP contribution in [0.3, 0.4) is 0 Å². The summed E-state index contributed by atoms with van der Waals surface area (Å²) in [4.78, 5) is 2.13. The van der Waals surface area contributed by atoms with E-state index in [0.29, 0.717) is 0 Å². The molecule has 1 aromatic heterocycles. The highest BCUT2D eigenvalue weighted by atomic mass is 32.1. The maximum absolute atomic E-state index is 2.33. The predicted molar refractivity (Wildman–Crippen MR) is 103 cm³/mol. The van der Waals surface area contributed by atoms with Gasteiger partial charge in [-0.3, -0.25) is 0 Å². The summed E-state index contributed by atoms with van der Waals surface area (Å²) in [6.07, 6.45) is 0. The summed E-state index contributed by atoms with van der Waals surface area (Å²) in [6.45, 7) is 0. The molecule has 0 amide bonds. The minimum absolute atomic E-state index is 1.20. The van der Waals surface area contributed by atoms with Gasteiger partial charge in [0.1, 0.15) is 16.2 Å². The van der Waals surface area contributed by atoms with Crippen molar-refractivity contribution in [1.82, 2.24) is 0 Å². The van der Waals surface area contributed by atoms with Gasteiger partial charge >= 0.3 is 0 Å². The zero-order chi connectivity index (χ0) is 16.5. The van der Waals surface area contributed by atoms with Crippen LogP contribution in [0.1, 0.15) is 0 Å². The number of hydrogen-bond acceptors (Lipinski definition) is 2. The number of aromatic nitrogens is 1. The summed E-state index contributed by atoms with van der Waals surface area (Å²) in [6, 6.07) is 28.0. The number of fused-ring (bicyclic) bond motifs is 1. The molecule has 0 unspecified atom stereocenters. The second kappa shape index (κ2) is 6.10. The second-order valence-corrected chi connectivity index (χ2v) is 6.99. The largest absolute Gasteiger partial charge is 0.378 e. The molecule has 0 radical (unpaired) electrons. The van der Waals surface area contributed by atoms with Gasteiger partial charge in [-0.15, -0.1) is 0 Å². The molecule has 1 heterocycles. The fraction of sp³-hybridized carbons (Fsp3) is 0.0952. The zero-order valence-corrected chi connectivity index (χ0v) is 14.6. The van der Waals surface area contributed by atoms with Gasteiger partial charge in [-0.25, -0.2) is 0 Å². The normalized spacial score (nSPS) is 10.9. The highest BCUT2D eigenvalue weighted by Gasteiger charge is 2.24. The van der Waals surface area contributed by atoms with Gasteiger partial charge in [0, 0.05) is 37.5 Å². The van der Waals surface area contributed by atoms with Gasteiger partial charge in [0.25, 0.3) is 0 Å². The Balaban J connectivity index is 1.96. The lowest BCUT2D eigenvalue weighted by Gasteiger charge is -2.11. The fourth-order valence-corrected chi connectivity index (χ4v) is 4.05. The molecule has 3 heteroatoms. The van der Waals surface area contributed by atoms with E-state index in [1.807, 2.05) is 0 Å². The monoisotopic (exact) mass is 331 g/mol. The molecular weight excluding hydrogens is 312 g/mol. The predicted octanol–water partition coefficient (Wildman–Crippen LogP) is 4.91. The third kappa shape index (κ3) is 2.57. The summed E-state index contributed by atoms with van der Waals surface area (Å²) in [5, 5.41) is 1.30. The third-order valence-electron chi connectivity index (χ3n) is 4.18. The number of para-hydroxylation sites is 1. The lowest BCUT2D eigenvalue weighted by atomic mass is 10.1. The molecule has 0 saturated carbocycles. The topological polar surface area (TPSA) is 7.12 Å². The van der Waals surface area contributed by atoms with Crippen molar-refractivity contribution in [2.45, 2.75) is 0 Å². The van der Waals surface area contributed by atoms with Crippen LogP contribution in [0.5, 0.6) is 0 Å². The molecule has 0 fully saturated rings. The molecule has 4 aromatic rings. The minimum Gasteiger partial charge on any atom is -0.378 e. The Morgan fingerprint density at radius 1 is 0.750 bits per heavy atom. The van der Waals surface area contributed by atoms with Crippen LogP contribution in [-0.2, 0) is 0 Å². The molecule has 0 spiro atoms. The smallest absolute Gasteiger partial charge is 0.241 e. The molecule has 2 nitrogen and oxygen atoms in total. The maximum Gasteiger partial charge on any atom is 0.241 e. The number of anilines is 1. The van der Waals surface area contributed by atoms with Gasteiger partial charge in [-0.1, -0.05) is 34.3 Å². The van der Waals surface area contributed by atoms with Crippen molar-refractivity contribution >= 4 is 27.3 Å². The van der Waals surface area contributed by atoms with E-state index in [-0.39, 0.29) is 0 Å². The first-order chi connectivity index (χ1) is 11.7. The first kappa shape index (κ1) is 14.9. The quantitative estimate of drug-likeness (QED) is 0.484. The Morgan fingerprint density at radius 2 is 1.42 bits per heavy atom. The van der Waals surface area contributed by atoms with E-state index in [9.17, 15) is 0 Å². The third-order valence-corrected chi connectivity index (χ3v) is 5.31. The summed E-state index contributed by atoms with van der Waals surface area (Å²) < 4.78 is 3.63. The van der Waals surface area contributed by atoms with Crippen LogP contribution in [0.4, 0.5) is 5.69 Å². The van der Waals surface area contributed by atoms with Crippen molar-refractivity contribution in [3.63, 3.8) is 0 Å². The van der Waals surface area contributed by atoms with Gasteiger partial charge in [0.2, 0.25) is 11.4 Å². The van der Waals surface area contributed by atoms with Gasteiger partial charge in [-0.05, 0) is 36.4 Å². The molecule has 0 aliphatic carbocycles. The Kier molecular flexibility index (Phi) is 3.79. The Morgan fingerprint density at radius 3 is 2.12 bits per heavy atom. The average molecular weight is 331 g/mol. The summed E-state index contributed by atoms with van der Waals surface area (Å²) in [5.74, 6) is 0. The molecule has 24 heavy (non-hydrogen) atoms. The molecule has 0 saturated heterocycles. The van der Waals surface area contributed by atoms with Gasteiger partial charge in [0.15, 0.2) is 0 Å². The summed E-state index contributed by atoms with van der Waals surface area (Å²) in [5.41, 5.74) is 4.91. The zero-order valence-electron chi connectivity index (χ0n) is 13.8. The standard InChI is InChI=1S/C21H19N2S/c1-22(2)17-14-12-16(13-15-17)21-19-10-6-7-11-20(19)24-23(21)18-8-4-3-5-9-18/h3-15H,1-2H3/q+1. The van der Waals surface area contributed by atoms with E-state index in [0.717, 1.165) is 0 Å².